The Kier molecular flexibility index (Phi) is 4.86. The molecule has 1 amide bonds. The number of benzene rings is 2. The number of para-hydroxylation sites is 1. The van der Waals surface area contributed by atoms with E-state index in [9.17, 15) is 4.79 Å². The maximum atomic E-state index is 12.4. The maximum Gasteiger partial charge on any atom is 0.251 e. The largest absolute Gasteiger partial charge is 0.496 e. The molecular weight excluding hydrogens is 310 g/mol. The van der Waals surface area contributed by atoms with Crippen LogP contribution in [0.25, 0.3) is 0 Å². The number of carbonyl (C=O) groups is 1. The van der Waals surface area contributed by atoms with Crippen molar-refractivity contribution in [1.82, 2.24) is 5.32 Å². The van der Waals surface area contributed by atoms with Gasteiger partial charge in [0.2, 0.25) is 6.79 Å². The summed E-state index contributed by atoms with van der Waals surface area (Å²) in [6, 6.07) is 12.7. The maximum absolute atomic E-state index is 12.4. The Morgan fingerprint density at radius 2 is 1.96 bits per heavy atom. The van der Waals surface area contributed by atoms with Crippen molar-refractivity contribution in [2.24, 2.45) is 0 Å². The molecule has 3 rings (SSSR count). The summed E-state index contributed by atoms with van der Waals surface area (Å²) in [7, 11) is 3.21. The summed E-state index contributed by atoms with van der Waals surface area (Å²) in [6.07, 6.45) is -0.306. The van der Waals surface area contributed by atoms with E-state index >= 15 is 0 Å². The molecule has 0 saturated carbocycles. The number of hydrogen-bond donors (Lipinski definition) is 1. The van der Waals surface area contributed by atoms with E-state index < -0.39 is 0 Å². The third-order valence-corrected chi connectivity index (χ3v) is 3.85. The molecular formula is C18H19NO5. The van der Waals surface area contributed by atoms with Crippen molar-refractivity contribution in [2.75, 3.05) is 27.6 Å². The van der Waals surface area contributed by atoms with E-state index in [4.69, 9.17) is 18.9 Å². The molecule has 0 aromatic heterocycles. The monoisotopic (exact) mass is 329 g/mol. The van der Waals surface area contributed by atoms with Crippen LogP contribution in [0.3, 0.4) is 0 Å². The van der Waals surface area contributed by atoms with Crippen molar-refractivity contribution in [1.29, 1.82) is 0 Å². The lowest BCUT2D eigenvalue weighted by Crippen LogP contribution is -2.29. The molecule has 2 aromatic rings. The molecule has 0 bridgehead atoms. The number of amides is 1. The topological polar surface area (TPSA) is 66.0 Å². The number of methoxy groups -OCH3 is 2. The van der Waals surface area contributed by atoms with Gasteiger partial charge in [-0.25, -0.2) is 0 Å². The normalized spacial score (nSPS) is 13.4. The van der Waals surface area contributed by atoms with Gasteiger partial charge in [-0.2, -0.15) is 0 Å². The van der Waals surface area contributed by atoms with Crippen molar-refractivity contribution in [2.45, 2.75) is 6.10 Å². The highest BCUT2D eigenvalue weighted by molar-refractivity contribution is 5.94. The summed E-state index contributed by atoms with van der Waals surface area (Å²) < 4.78 is 21.4. The van der Waals surface area contributed by atoms with E-state index in [-0.39, 0.29) is 18.8 Å². The lowest BCUT2D eigenvalue weighted by atomic mass is 10.1. The van der Waals surface area contributed by atoms with Gasteiger partial charge in [0.25, 0.3) is 5.91 Å². The van der Waals surface area contributed by atoms with Gasteiger partial charge in [0.05, 0.1) is 7.11 Å². The molecule has 1 heterocycles. The number of hydrogen-bond acceptors (Lipinski definition) is 5. The summed E-state index contributed by atoms with van der Waals surface area (Å²) in [5.41, 5.74) is 1.39. The van der Waals surface area contributed by atoms with Crippen LogP contribution in [-0.4, -0.2) is 33.5 Å². The van der Waals surface area contributed by atoms with Crippen LogP contribution in [0, 0.1) is 0 Å². The van der Waals surface area contributed by atoms with Gasteiger partial charge < -0.3 is 24.3 Å². The second kappa shape index (κ2) is 7.23. The van der Waals surface area contributed by atoms with E-state index in [1.807, 2.05) is 24.3 Å². The summed E-state index contributed by atoms with van der Waals surface area (Å²) in [6.45, 7) is 0.504. The SMILES string of the molecule is COc1ccccc1[C@H](CNC(=O)c1ccc2c(c1)OCO2)OC. The molecule has 2 aromatic carbocycles. The van der Waals surface area contributed by atoms with Gasteiger partial charge in [-0.05, 0) is 24.3 Å². The summed E-state index contributed by atoms with van der Waals surface area (Å²) in [4.78, 5) is 12.4. The molecule has 24 heavy (non-hydrogen) atoms. The Morgan fingerprint density at radius 3 is 2.75 bits per heavy atom. The van der Waals surface area contributed by atoms with Crippen LogP contribution in [0.2, 0.25) is 0 Å². The third kappa shape index (κ3) is 3.28. The molecule has 0 fully saturated rings. The van der Waals surface area contributed by atoms with Crippen LogP contribution in [0.4, 0.5) is 0 Å². The molecule has 0 saturated heterocycles. The summed E-state index contributed by atoms with van der Waals surface area (Å²) in [5.74, 6) is 1.75. The van der Waals surface area contributed by atoms with Gasteiger partial charge in [0.15, 0.2) is 11.5 Å². The first-order valence-electron chi connectivity index (χ1n) is 7.56. The first-order chi connectivity index (χ1) is 11.7. The van der Waals surface area contributed by atoms with E-state index in [0.717, 1.165) is 11.3 Å². The quantitative estimate of drug-likeness (QED) is 0.882. The highest BCUT2D eigenvalue weighted by Gasteiger charge is 2.19. The fourth-order valence-electron chi connectivity index (χ4n) is 2.58. The molecule has 6 heteroatoms. The average molecular weight is 329 g/mol. The Hall–Kier alpha value is -2.73. The third-order valence-electron chi connectivity index (χ3n) is 3.85. The van der Waals surface area contributed by atoms with Crippen LogP contribution >= 0.6 is 0 Å². The van der Waals surface area contributed by atoms with E-state index in [1.54, 1.807) is 32.4 Å². The second-order valence-corrected chi connectivity index (χ2v) is 5.24. The van der Waals surface area contributed by atoms with Crippen molar-refractivity contribution in [3.05, 3.63) is 53.6 Å². The Morgan fingerprint density at radius 1 is 1.17 bits per heavy atom. The van der Waals surface area contributed by atoms with Gasteiger partial charge >= 0.3 is 0 Å². The van der Waals surface area contributed by atoms with Crippen LogP contribution in [0.15, 0.2) is 42.5 Å². The summed E-state index contributed by atoms with van der Waals surface area (Å²) >= 11 is 0. The minimum atomic E-state index is -0.306. The zero-order valence-electron chi connectivity index (χ0n) is 13.6. The zero-order valence-corrected chi connectivity index (χ0v) is 13.6. The summed E-state index contributed by atoms with van der Waals surface area (Å²) in [5, 5.41) is 2.88. The minimum Gasteiger partial charge on any atom is -0.496 e. The number of carbonyl (C=O) groups excluding carboxylic acids is 1. The molecule has 1 N–H and O–H groups in total. The molecule has 0 aliphatic carbocycles. The number of rotatable bonds is 6. The van der Waals surface area contributed by atoms with E-state index in [2.05, 4.69) is 5.32 Å². The number of ether oxygens (including phenoxy) is 4. The van der Waals surface area contributed by atoms with Crippen LogP contribution < -0.4 is 19.5 Å². The van der Waals surface area contributed by atoms with E-state index in [0.29, 0.717) is 23.6 Å². The zero-order chi connectivity index (χ0) is 16.9. The lowest BCUT2D eigenvalue weighted by molar-refractivity contribution is 0.0819. The highest BCUT2D eigenvalue weighted by Crippen LogP contribution is 2.32. The Balaban J connectivity index is 1.68. The van der Waals surface area contributed by atoms with Crippen LogP contribution in [0.5, 0.6) is 17.2 Å². The smallest absolute Gasteiger partial charge is 0.251 e. The van der Waals surface area contributed by atoms with E-state index in [1.165, 1.54) is 0 Å². The molecule has 0 spiro atoms. The molecule has 126 valence electrons. The van der Waals surface area contributed by atoms with Gasteiger partial charge in [-0.1, -0.05) is 18.2 Å². The number of fused-ring (bicyclic) bond motifs is 1. The van der Waals surface area contributed by atoms with Gasteiger partial charge in [0, 0.05) is 24.8 Å². The number of nitrogens with one attached hydrogen (secondary N) is 1. The first kappa shape index (κ1) is 16.1. The molecule has 1 aliphatic heterocycles. The van der Waals surface area contributed by atoms with Gasteiger partial charge in [-0.3, -0.25) is 4.79 Å². The first-order valence-corrected chi connectivity index (χ1v) is 7.56. The molecule has 1 aliphatic rings. The molecule has 0 unspecified atom stereocenters. The second-order valence-electron chi connectivity index (χ2n) is 5.24. The lowest BCUT2D eigenvalue weighted by Gasteiger charge is -2.19. The van der Waals surface area contributed by atoms with Crippen LogP contribution in [-0.2, 0) is 4.74 Å². The highest BCUT2D eigenvalue weighted by atomic mass is 16.7. The van der Waals surface area contributed by atoms with Crippen molar-refractivity contribution in [3.63, 3.8) is 0 Å². The molecule has 6 nitrogen and oxygen atoms in total. The van der Waals surface area contributed by atoms with Crippen molar-refractivity contribution < 1.29 is 23.7 Å². The fraction of sp³-hybridized carbons (Fsp3) is 0.278. The Labute approximate surface area is 140 Å². The standard InChI is InChI=1S/C18H19NO5/c1-21-14-6-4-3-5-13(14)17(22-2)10-19-18(20)12-7-8-15-16(9-12)24-11-23-15/h3-9,17H,10-11H2,1-2H3,(H,19,20)/t17-/m0/s1. The minimum absolute atomic E-state index is 0.181. The predicted octanol–water partition coefficient (Wildman–Crippen LogP) is 2.54. The van der Waals surface area contributed by atoms with Crippen molar-refractivity contribution in [3.8, 4) is 17.2 Å². The predicted molar refractivity (Wildman–Crippen MR) is 87.6 cm³/mol. The Bertz CT molecular complexity index is 731. The fourth-order valence-corrected chi connectivity index (χ4v) is 2.58. The average Bonchev–Trinajstić information content (AvgIpc) is 3.10. The van der Waals surface area contributed by atoms with Gasteiger partial charge in [-0.15, -0.1) is 0 Å². The van der Waals surface area contributed by atoms with Gasteiger partial charge in [0.1, 0.15) is 11.9 Å². The van der Waals surface area contributed by atoms with Crippen molar-refractivity contribution >= 4 is 5.91 Å². The molecule has 0 radical (unpaired) electrons. The molecule has 1 atom stereocenters. The van der Waals surface area contributed by atoms with Crippen LogP contribution in [0.1, 0.15) is 22.0 Å².